The molecule has 6 nitrogen and oxygen atoms in total. The Balaban J connectivity index is 1.64. The first-order valence-corrected chi connectivity index (χ1v) is 8.43. The molecule has 6 heteroatoms. The first kappa shape index (κ1) is 17.7. The number of rotatable bonds is 5. The molecule has 0 fully saturated rings. The number of carbonyl (C=O) groups is 3. The van der Waals surface area contributed by atoms with E-state index < -0.39 is 0 Å². The van der Waals surface area contributed by atoms with Crippen LogP contribution in [0, 0.1) is 5.92 Å². The summed E-state index contributed by atoms with van der Waals surface area (Å²) in [5, 5.41) is 5.51. The number of ether oxygens (including phenoxy) is 1. The molecule has 0 saturated carbocycles. The molecular weight excluding hydrogens is 332 g/mol. The molecule has 3 rings (SSSR count). The van der Waals surface area contributed by atoms with Gasteiger partial charge in [-0.25, -0.2) is 4.79 Å². The van der Waals surface area contributed by atoms with Gasteiger partial charge >= 0.3 is 5.97 Å². The highest BCUT2D eigenvalue weighted by atomic mass is 16.5. The highest BCUT2D eigenvalue weighted by Gasteiger charge is 2.19. The van der Waals surface area contributed by atoms with Gasteiger partial charge in [0.25, 0.3) is 5.91 Å². The summed E-state index contributed by atoms with van der Waals surface area (Å²) in [6.07, 6.45) is 0.281. The Morgan fingerprint density at radius 3 is 2.50 bits per heavy atom. The lowest BCUT2D eigenvalue weighted by Gasteiger charge is -2.09. The Morgan fingerprint density at radius 2 is 1.81 bits per heavy atom. The molecule has 1 aliphatic heterocycles. The van der Waals surface area contributed by atoms with Gasteiger partial charge in [0.1, 0.15) is 0 Å². The van der Waals surface area contributed by atoms with Crippen molar-refractivity contribution >= 4 is 29.2 Å². The Hall–Kier alpha value is -3.15. The third kappa shape index (κ3) is 4.08. The summed E-state index contributed by atoms with van der Waals surface area (Å²) in [4.78, 5) is 35.7. The van der Waals surface area contributed by atoms with Crippen LogP contribution in [-0.4, -0.2) is 24.4 Å². The number of nitrogens with one attached hydrogen (secondary N) is 2. The van der Waals surface area contributed by atoms with Crippen LogP contribution in [0.5, 0.6) is 0 Å². The SMILES string of the molecule is CC(C)COC(=O)c1ccc(NC(=O)c2ccc3c(c2)CC(=O)N3)cc1. The molecule has 0 bridgehead atoms. The van der Waals surface area contributed by atoms with Crippen molar-refractivity contribution in [3.8, 4) is 0 Å². The van der Waals surface area contributed by atoms with Crippen molar-refractivity contribution in [2.75, 3.05) is 17.2 Å². The Kier molecular flexibility index (Phi) is 5.02. The fraction of sp³-hybridized carbons (Fsp3) is 0.250. The molecule has 0 saturated heterocycles. The van der Waals surface area contributed by atoms with E-state index >= 15 is 0 Å². The summed E-state index contributed by atoms with van der Waals surface area (Å²) in [6, 6.07) is 11.6. The first-order valence-electron chi connectivity index (χ1n) is 8.43. The maximum Gasteiger partial charge on any atom is 0.338 e. The molecule has 0 unspecified atom stereocenters. The standard InChI is InChI=1S/C20H20N2O4/c1-12(2)11-26-20(25)13-3-6-16(7-4-13)21-19(24)14-5-8-17-15(9-14)10-18(23)22-17/h3-9,12H,10-11H2,1-2H3,(H,21,24)(H,22,23). The summed E-state index contributed by atoms with van der Waals surface area (Å²) in [5.41, 5.74) is 3.04. The maximum atomic E-state index is 12.4. The minimum Gasteiger partial charge on any atom is -0.462 e. The van der Waals surface area contributed by atoms with Crippen LogP contribution in [0.1, 0.15) is 40.1 Å². The van der Waals surface area contributed by atoms with Gasteiger partial charge in [-0.1, -0.05) is 13.8 Å². The summed E-state index contributed by atoms with van der Waals surface area (Å²) in [7, 11) is 0. The van der Waals surface area contributed by atoms with Gasteiger partial charge in [0.05, 0.1) is 18.6 Å². The summed E-state index contributed by atoms with van der Waals surface area (Å²) < 4.78 is 5.17. The number of hydrogen-bond acceptors (Lipinski definition) is 4. The normalized spacial score (nSPS) is 12.5. The number of anilines is 2. The molecule has 2 aromatic carbocycles. The zero-order valence-electron chi connectivity index (χ0n) is 14.7. The third-order valence-electron chi connectivity index (χ3n) is 3.92. The van der Waals surface area contributed by atoms with E-state index in [1.807, 2.05) is 13.8 Å². The second kappa shape index (κ2) is 7.39. The molecule has 0 radical (unpaired) electrons. The number of esters is 1. The number of amides is 2. The first-order chi connectivity index (χ1) is 12.4. The van der Waals surface area contributed by atoms with Crippen LogP contribution in [-0.2, 0) is 16.0 Å². The predicted octanol–water partition coefficient (Wildman–Crippen LogP) is 3.25. The van der Waals surface area contributed by atoms with Crippen molar-refractivity contribution in [2.45, 2.75) is 20.3 Å². The maximum absolute atomic E-state index is 12.4. The topological polar surface area (TPSA) is 84.5 Å². The molecule has 0 spiro atoms. The molecular formula is C20H20N2O4. The van der Waals surface area contributed by atoms with Crippen molar-refractivity contribution in [1.29, 1.82) is 0 Å². The molecule has 134 valence electrons. The van der Waals surface area contributed by atoms with Gasteiger partial charge in [0, 0.05) is 16.9 Å². The zero-order valence-corrected chi connectivity index (χ0v) is 14.7. The molecule has 2 N–H and O–H groups in total. The molecule has 1 aliphatic rings. The lowest BCUT2D eigenvalue weighted by molar-refractivity contribution is -0.115. The van der Waals surface area contributed by atoms with Crippen LogP contribution in [0.15, 0.2) is 42.5 Å². The largest absolute Gasteiger partial charge is 0.462 e. The van der Waals surface area contributed by atoms with Gasteiger partial charge in [-0.2, -0.15) is 0 Å². The molecule has 0 aromatic heterocycles. The summed E-state index contributed by atoms with van der Waals surface area (Å²) in [6.45, 7) is 4.31. The fourth-order valence-corrected chi connectivity index (χ4v) is 2.59. The fourth-order valence-electron chi connectivity index (χ4n) is 2.59. The van der Waals surface area contributed by atoms with Crippen molar-refractivity contribution < 1.29 is 19.1 Å². The average Bonchev–Trinajstić information content (AvgIpc) is 2.99. The van der Waals surface area contributed by atoms with Crippen LogP contribution < -0.4 is 10.6 Å². The van der Waals surface area contributed by atoms with Crippen molar-refractivity contribution in [2.24, 2.45) is 5.92 Å². The summed E-state index contributed by atoms with van der Waals surface area (Å²) in [5.74, 6) is -0.456. The molecule has 2 aromatic rings. The van der Waals surface area contributed by atoms with Gasteiger partial charge in [-0.15, -0.1) is 0 Å². The van der Waals surface area contributed by atoms with Gasteiger partial charge in [-0.3, -0.25) is 9.59 Å². The van der Waals surface area contributed by atoms with Crippen LogP contribution in [0.3, 0.4) is 0 Å². The van der Waals surface area contributed by atoms with Gasteiger partial charge in [-0.05, 0) is 53.9 Å². The smallest absolute Gasteiger partial charge is 0.338 e. The third-order valence-corrected chi connectivity index (χ3v) is 3.92. The molecule has 1 heterocycles. The van der Waals surface area contributed by atoms with Crippen LogP contribution in [0.4, 0.5) is 11.4 Å². The minimum atomic E-state index is -0.382. The highest BCUT2D eigenvalue weighted by Crippen LogP contribution is 2.24. The molecule has 0 atom stereocenters. The second-order valence-electron chi connectivity index (χ2n) is 6.62. The Bertz CT molecular complexity index is 857. The van der Waals surface area contributed by atoms with Crippen LogP contribution in [0.25, 0.3) is 0 Å². The zero-order chi connectivity index (χ0) is 18.7. The molecule has 2 amide bonds. The number of hydrogen-bond donors (Lipinski definition) is 2. The minimum absolute atomic E-state index is 0.0718. The van der Waals surface area contributed by atoms with Crippen molar-refractivity contribution in [3.63, 3.8) is 0 Å². The number of fused-ring (bicyclic) bond motifs is 1. The second-order valence-corrected chi connectivity index (χ2v) is 6.62. The number of carbonyl (C=O) groups excluding carboxylic acids is 3. The number of benzene rings is 2. The van der Waals surface area contributed by atoms with Crippen molar-refractivity contribution in [3.05, 3.63) is 59.2 Å². The molecule has 26 heavy (non-hydrogen) atoms. The van der Waals surface area contributed by atoms with E-state index in [9.17, 15) is 14.4 Å². The van der Waals surface area contributed by atoms with E-state index in [0.29, 0.717) is 23.4 Å². The van der Waals surface area contributed by atoms with E-state index in [-0.39, 0.29) is 30.1 Å². The van der Waals surface area contributed by atoms with E-state index in [4.69, 9.17) is 4.74 Å². The predicted molar refractivity (Wildman–Crippen MR) is 98.3 cm³/mol. The Labute approximate surface area is 151 Å². The summed E-state index contributed by atoms with van der Waals surface area (Å²) >= 11 is 0. The van der Waals surface area contributed by atoms with Crippen molar-refractivity contribution in [1.82, 2.24) is 0 Å². The van der Waals surface area contributed by atoms with Gasteiger partial charge < -0.3 is 15.4 Å². The van der Waals surface area contributed by atoms with E-state index in [0.717, 1.165) is 11.3 Å². The van der Waals surface area contributed by atoms with Crippen LogP contribution in [0.2, 0.25) is 0 Å². The monoisotopic (exact) mass is 352 g/mol. The highest BCUT2D eigenvalue weighted by molar-refractivity contribution is 6.06. The lowest BCUT2D eigenvalue weighted by atomic mass is 10.1. The Morgan fingerprint density at radius 1 is 1.12 bits per heavy atom. The lowest BCUT2D eigenvalue weighted by Crippen LogP contribution is -2.13. The van der Waals surface area contributed by atoms with Crippen LogP contribution >= 0.6 is 0 Å². The van der Waals surface area contributed by atoms with E-state index in [2.05, 4.69) is 10.6 Å². The average molecular weight is 352 g/mol. The van der Waals surface area contributed by atoms with Gasteiger partial charge in [0.2, 0.25) is 5.91 Å². The molecule has 0 aliphatic carbocycles. The van der Waals surface area contributed by atoms with Gasteiger partial charge in [0.15, 0.2) is 0 Å². The van der Waals surface area contributed by atoms with E-state index in [1.54, 1.807) is 42.5 Å². The quantitative estimate of drug-likeness (QED) is 0.809. The van der Waals surface area contributed by atoms with E-state index in [1.165, 1.54) is 0 Å².